The van der Waals surface area contributed by atoms with Crippen LogP contribution in [0, 0.1) is 11.3 Å². The fourth-order valence-corrected chi connectivity index (χ4v) is 4.28. The van der Waals surface area contributed by atoms with Crippen molar-refractivity contribution in [3.05, 3.63) is 69.9 Å². The number of carbonyl (C=O) groups is 1. The number of hydrogen-bond donors (Lipinski definition) is 0. The first kappa shape index (κ1) is 17.5. The van der Waals surface area contributed by atoms with Crippen molar-refractivity contribution in [2.45, 2.75) is 18.6 Å². The smallest absolute Gasteiger partial charge is 0.262 e. The van der Waals surface area contributed by atoms with Crippen LogP contribution in [0.3, 0.4) is 0 Å². The summed E-state index contributed by atoms with van der Waals surface area (Å²) in [6.45, 7) is 1.94. The van der Waals surface area contributed by atoms with E-state index in [1.54, 1.807) is 41.9 Å². The summed E-state index contributed by atoms with van der Waals surface area (Å²) < 4.78 is 8.21. The molecule has 2 atom stereocenters. The maximum atomic E-state index is 13.3. The van der Waals surface area contributed by atoms with Crippen LogP contribution < -0.4 is 4.90 Å². The van der Waals surface area contributed by atoms with Crippen LogP contribution in [0.5, 0.6) is 0 Å². The fraction of sp³-hybridized carbons (Fsp3) is 0.250. The monoisotopic (exact) mass is 378 g/mol. The Morgan fingerprint density at radius 2 is 2.04 bits per heavy atom. The van der Waals surface area contributed by atoms with Gasteiger partial charge in [0.05, 0.1) is 5.69 Å². The van der Waals surface area contributed by atoms with Crippen molar-refractivity contribution in [1.29, 1.82) is 5.26 Å². The molecule has 1 aromatic carbocycles. The number of ether oxygens (including phenoxy) is 1. The van der Waals surface area contributed by atoms with Gasteiger partial charge >= 0.3 is 0 Å². The van der Waals surface area contributed by atoms with Gasteiger partial charge in [-0.25, -0.2) is 4.98 Å². The number of likely N-dealkylation sites (N-methyl/N-ethyl adjacent to an activating group) is 1. The number of carbonyl (C=O) groups excluding carboxylic acids is 1. The van der Waals surface area contributed by atoms with Crippen LogP contribution in [0.1, 0.15) is 35.0 Å². The molecule has 2 aromatic heterocycles. The van der Waals surface area contributed by atoms with Gasteiger partial charge < -0.3 is 14.2 Å². The lowest BCUT2D eigenvalue weighted by atomic mass is 9.94. The maximum absolute atomic E-state index is 13.3. The number of thiazole rings is 1. The second-order valence-electron chi connectivity index (χ2n) is 6.60. The normalized spacial score (nSPS) is 22.2. The molecule has 3 aromatic rings. The Bertz CT molecular complexity index is 1050. The second kappa shape index (κ2) is 6.34. The average molecular weight is 378 g/mol. The Hall–Kier alpha value is -2.95. The van der Waals surface area contributed by atoms with Gasteiger partial charge in [-0.1, -0.05) is 18.2 Å². The molecule has 27 heavy (non-hydrogen) atoms. The number of aromatic nitrogens is 2. The minimum atomic E-state index is -0.896. The Morgan fingerprint density at radius 1 is 1.26 bits per heavy atom. The van der Waals surface area contributed by atoms with E-state index < -0.39 is 11.7 Å². The molecule has 3 heterocycles. The summed E-state index contributed by atoms with van der Waals surface area (Å²) in [4.78, 5) is 19.4. The molecule has 0 saturated carbocycles. The van der Waals surface area contributed by atoms with E-state index in [1.807, 2.05) is 36.6 Å². The fourth-order valence-electron chi connectivity index (χ4n) is 3.53. The Kier molecular flexibility index (Phi) is 4.10. The molecule has 0 spiro atoms. The van der Waals surface area contributed by atoms with Crippen molar-refractivity contribution in [3.63, 3.8) is 0 Å². The summed E-state index contributed by atoms with van der Waals surface area (Å²) in [5, 5.41) is 12.0. The molecule has 7 heteroatoms. The van der Waals surface area contributed by atoms with E-state index in [0.29, 0.717) is 11.4 Å². The lowest BCUT2D eigenvalue weighted by Gasteiger charge is -2.30. The molecule has 4 rings (SSSR count). The third kappa shape index (κ3) is 2.57. The average Bonchev–Trinajstić information content (AvgIpc) is 3.33. The highest BCUT2D eigenvalue weighted by Crippen LogP contribution is 2.46. The van der Waals surface area contributed by atoms with E-state index in [0.717, 1.165) is 16.3 Å². The number of para-hydroxylation sites is 1. The second-order valence-corrected chi connectivity index (χ2v) is 7.49. The first-order valence-electron chi connectivity index (χ1n) is 8.48. The van der Waals surface area contributed by atoms with Gasteiger partial charge in [-0.2, -0.15) is 5.26 Å². The van der Waals surface area contributed by atoms with E-state index in [4.69, 9.17) is 4.74 Å². The first-order valence-corrected chi connectivity index (χ1v) is 9.36. The largest absolute Gasteiger partial charge is 0.344 e. The van der Waals surface area contributed by atoms with E-state index in [2.05, 4.69) is 11.1 Å². The number of nitriles is 1. The lowest BCUT2D eigenvalue weighted by Crippen LogP contribution is -2.34. The van der Waals surface area contributed by atoms with Gasteiger partial charge in [0, 0.05) is 36.9 Å². The van der Waals surface area contributed by atoms with E-state index in [-0.39, 0.29) is 5.91 Å². The van der Waals surface area contributed by atoms with Gasteiger partial charge in [-0.05, 0) is 25.1 Å². The molecule has 1 aliphatic rings. The van der Waals surface area contributed by atoms with Crippen LogP contribution in [0.2, 0.25) is 0 Å². The van der Waals surface area contributed by atoms with Crippen LogP contribution in [0.25, 0.3) is 0 Å². The third-order valence-electron chi connectivity index (χ3n) is 5.07. The molecular weight excluding hydrogens is 360 g/mol. The van der Waals surface area contributed by atoms with Crippen LogP contribution in [0.4, 0.5) is 5.69 Å². The zero-order chi connectivity index (χ0) is 19.2. The molecule has 0 aliphatic carbocycles. The minimum Gasteiger partial charge on any atom is -0.344 e. The van der Waals surface area contributed by atoms with Crippen LogP contribution in [-0.4, -0.2) is 22.5 Å². The molecule has 0 bridgehead atoms. The van der Waals surface area contributed by atoms with Crippen molar-refractivity contribution in [3.8, 4) is 6.07 Å². The Balaban J connectivity index is 1.94. The van der Waals surface area contributed by atoms with Crippen LogP contribution in [-0.2, 0) is 22.2 Å². The first-order chi connectivity index (χ1) is 13.0. The predicted molar refractivity (Wildman–Crippen MR) is 102 cm³/mol. The molecule has 6 nitrogen and oxygen atoms in total. The van der Waals surface area contributed by atoms with Crippen molar-refractivity contribution in [2.24, 2.45) is 7.05 Å². The molecule has 1 aliphatic heterocycles. The zero-order valence-corrected chi connectivity index (χ0v) is 16.0. The number of benzene rings is 1. The summed E-state index contributed by atoms with van der Waals surface area (Å²) in [5.41, 5.74) is 1.89. The molecule has 2 unspecified atom stereocenters. The molecule has 0 N–H and O–H groups in total. The van der Waals surface area contributed by atoms with Gasteiger partial charge in [0.25, 0.3) is 5.91 Å². The molecule has 136 valence electrons. The van der Waals surface area contributed by atoms with Gasteiger partial charge in [0.1, 0.15) is 22.4 Å². The quantitative estimate of drug-likeness (QED) is 0.686. The number of nitrogens with zero attached hydrogens (tertiary/aromatic N) is 4. The standard InChI is InChI=1S/C20H18N4O2S/c1-20(19-22-10-11-27-19)14-6-4-5-7-15(14)24(3)18(25)17(26-20)16-9-8-13(12-21)23(16)2/h4-11,17H,1-3H3. The summed E-state index contributed by atoms with van der Waals surface area (Å²) in [7, 11) is 3.52. The van der Waals surface area contributed by atoms with Gasteiger partial charge in [0.15, 0.2) is 6.10 Å². The zero-order valence-electron chi connectivity index (χ0n) is 15.2. The molecule has 0 fully saturated rings. The summed E-state index contributed by atoms with van der Waals surface area (Å²) in [5.74, 6) is -0.187. The third-order valence-corrected chi connectivity index (χ3v) is 6.05. The number of fused-ring (bicyclic) bond motifs is 1. The van der Waals surface area contributed by atoms with Crippen molar-refractivity contribution >= 4 is 22.9 Å². The van der Waals surface area contributed by atoms with Crippen LogP contribution in [0.15, 0.2) is 48.0 Å². The summed E-state index contributed by atoms with van der Waals surface area (Å²) in [6, 6.07) is 13.3. The number of anilines is 1. The van der Waals surface area contributed by atoms with E-state index >= 15 is 0 Å². The van der Waals surface area contributed by atoms with Crippen molar-refractivity contribution < 1.29 is 9.53 Å². The Labute approximate surface area is 161 Å². The summed E-state index contributed by atoms with van der Waals surface area (Å²) in [6.07, 6.45) is 0.877. The minimum absolute atomic E-state index is 0.187. The van der Waals surface area contributed by atoms with Crippen LogP contribution >= 0.6 is 11.3 Å². The summed E-state index contributed by atoms with van der Waals surface area (Å²) >= 11 is 1.49. The highest BCUT2D eigenvalue weighted by molar-refractivity contribution is 7.09. The van der Waals surface area contributed by atoms with Gasteiger partial charge in [-0.15, -0.1) is 11.3 Å². The SMILES string of the molecule is CN1C(=O)C(c2ccc(C#N)n2C)OC(C)(c2nccs2)c2ccccc21. The maximum Gasteiger partial charge on any atom is 0.262 e. The van der Waals surface area contributed by atoms with Gasteiger partial charge in [0.2, 0.25) is 0 Å². The highest BCUT2D eigenvalue weighted by Gasteiger charge is 2.45. The lowest BCUT2D eigenvalue weighted by molar-refractivity contribution is -0.139. The van der Waals surface area contributed by atoms with Crippen molar-refractivity contribution in [1.82, 2.24) is 9.55 Å². The Morgan fingerprint density at radius 3 is 2.70 bits per heavy atom. The molecular formula is C20H18N4O2S. The van der Waals surface area contributed by atoms with E-state index in [9.17, 15) is 10.1 Å². The molecule has 0 saturated heterocycles. The van der Waals surface area contributed by atoms with Gasteiger partial charge in [-0.3, -0.25) is 4.79 Å². The van der Waals surface area contributed by atoms with E-state index in [1.165, 1.54) is 11.3 Å². The predicted octanol–water partition coefficient (Wildman–Crippen LogP) is 3.35. The van der Waals surface area contributed by atoms with Crippen molar-refractivity contribution in [2.75, 3.05) is 11.9 Å². The molecule has 1 amide bonds. The topological polar surface area (TPSA) is 71.2 Å². The number of rotatable bonds is 2. The molecule has 0 radical (unpaired) electrons. The highest BCUT2D eigenvalue weighted by atomic mass is 32.1. The number of amides is 1. The number of hydrogen-bond acceptors (Lipinski definition) is 5.